The summed E-state index contributed by atoms with van der Waals surface area (Å²) in [7, 11) is 0. The van der Waals surface area contributed by atoms with Crippen LogP contribution in [0.5, 0.6) is 0 Å². The fourth-order valence-corrected chi connectivity index (χ4v) is 4.89. The molecule has 2 saturated heterocycles. The maximum Gasteiger partial charge on any atom is 0.290 e. The Bertz CT molecular complexity index is 1340. The first-order valence-corrected chi connectivity index (χ1v) is 12.4. The van der Waals surface area contributed by atoms with E-state index in [0.29, 0.717) is 40.3 Å². The first-order valence-electron chi connectivity index (χ1n) is 11.5. The molecule has 0 aliphatic carbocycles. The van der Waals surface area contributed by atoms with Gasteiger partial charge in [-0.3, -0.25) is 19.9 Å². The van der Waals surface area contributed by atoms with Crippen molar-refractivity contribution >= 4 is 34.9 Å². The number of carbonyl (C=O) groups excluding carboxylic acids is 2. The van der Waals surface area contributed by atoms with Crippen LogP contribution in [0.3, 0.4) is 0 Å². The predicted octanol–water partition coefficient (Wildman–Crippen LogP) is 3.33. The van der Waals surface area contributed by atoms with Crippen LogP contribution in [-0.4, -0.2) is 45.7 Å². The van der Waals surface area contributed by atoms with E-state index in [1.165, 1.54) is 0 Å². The van der Waals surface area contributed by atoms with Gasteiger partial charge in [-0.25, -0.2) is 9.97 Å². The summed E-state index contributed by atoms with van der Waals surface area (Å²) in [6, 6.07) is 7.61. The van der Waals surface area contributed by atoms with Crippen molar-refractivity contribution in [2.45, 2.75) is 19.4 Å². The summed E-state index contributed by atoms with van der Waals surface area (Å²) in [5.41, 5.74) is 3.51. The number of imide groups is 1. The van der Waals surface area contributed by atoms with Crippen LogP contribution in [0.25, 0.3) is 17.3 Å². The molecular weight excluding hydrogens is 478 g/mol. The quantitative estimate of drug-likeness (QED) is 0.464. The number of thioether (sulfide) groups is 1. The highest BCUT2D eigenvalue weighted by Crippen LogP contribution is 2.26. The molecule has 2 aliphatic rings. The van der Waals surface area contributed by atoms with E-state index in [9.17, 15) is 14.9 Å². The zero-order chi connectivity index (χ0) is 24.9. The molecule has 10 nitrogen and oxygen atoms in total. The summed E-state index contributed by atoms with van der Waals surface area (Å²) in [6.07, 6.45) is 10.2. The van der Waals surface area contributed by atoms with Crippen molar-refractivity contribution in [2.75, 3.05) is 24.5 Å². The second-order valence-corrected chi connectivity index (χ2v) is 9.57. The Morgan fingerprint density at radius 2 is 2.14 bits per heavy atom. The molecule has 0 saturated carbocycles. The van der Waals surface area contributed by atoms with E-state index in [4.69, 9.17) is 4.42 Å². The van der Waals surface area contributed by atoms with E-state index in [-0.39, 0.29) is 5.24 Å². The maximum absolute atomic E-state index is 11.8. The van der Waals surface area contributed by atoms with Crippen LogP contribution in [0.2, 0.25) is 0 Å². The number of rotatable bonds is 7. The Balaban J connectivity index is 1.12. The third-order valence-electron chi connectivity index (χ3n) is 6.10. The van der Waals surface area contributed by atoms with Crippen LogP contribution in [0.4, 0.5) is 10.7 Å². The van der Waals surface area contributed by atoms with Gasteiger partial charge in [0.05, 0.1) is 34.4 Å². The van der Waals surface area contributed by atoms with Crippen molar-refractivity contribution in [1.29, 1.82) is 5.26 Å². The van der Waals surface area contributed by atoms with Crippen LogP contribution >= 0.6 is 11.8 Å². The average molecular weight is 502 g/mol. The Labute approximate surface area is 211 Å². The Hall–Kier alpha value is -4.01. The van der Waals surface area contributed by atoms with Crippen LogP contribution < -0.4 is 15.5 Å². The number of pyridine rings is 1. The minimum absolute atomic E-state index is 0.336. The fourth-order valence-electron chi connectivity index (χ4n) is 4.23. The van der Waals surface area contributed by atoms with Crippen molar-refractivity contribution in [3.63, 3.8) is 0 Å². The SMILES string of the molecule is N#Cc1cc(CNCC2CCN(c3nccc(C=C4SC(=O)NC4=O)n3)CC2)cnc1-c1ccoc1. The van der Waals surface area contributed by atoms with E-state index >= 15 is 0 Å². The number of amides is 2. The topological polar surface area (TPSA) is 137 Å². The molecule has 0 atom stereocenters. The molecule has 0 spiro atoms. The summed E-state index contributed by atoms with van der Waals surface area (Å²) in [4.78, 5) is 39.1. The summed E-state index contributed by atoms with van der Waals surface area (Å²) < 4.78 is 5.10. The van der Waals surface area contributed by atoms with E-state index in [0.717, 1.165) is 55.4 Å². The Morgan fingerprint density at radius 1 is 1.28 bits per heavy atom. The van der Waals surface area contributed by atoms with Crippen molar-refractivity contribution < 1.29 is 14.0 Å². The van der Waals surface area contributed by atoms with E-state index in [2.05, 4.69) is 36.6 Å². The van der Waals surface area contributed by atoms with Gasteiger partial charge in [0.25, 0.3) is 11.1 Å². The molecule has 2 N–H and O–H groups in total. The lowest BCUT2D eigenvalue weighted by Gasteiger charge is -2.32. The molecule has 0 bridgehead atoms. The van der Waals surface area contributed by atoms with Gasteiger partial charge in [-0.05, 0) is 66.9 Å². The second kappa shape index (κ2) is 10.7. The highest BCUT2D eigenvalue weighted by molar-refractivity contribution is 8.18. The molecule has 3 aromatic heterocycles. The lowest BCUT2D eigenvalue weighted by Crippen LogP contribution is -2.38. The van der Waals surface area contributed by atoms with Crippen molar-refractivity contribution in [3.8, 4) is 17.3 Å². The molecule has 2 amide bonds. The standard InChI is InChI=1S/C25H23N7O3S/c26-11-19-9-17(14-29-22(19)18-4-8-35-15-18)13-27-12-16-2-6-32(7-3-16)24-28-5-1-20(30-24)10-21-23(33)31-25(34)36-21/h1,4-5,8-10,14-16,27H,2-3,6-7,12-13H2,(H,31,33,34). The number of nitrogens with zero attached hydrogens (tertiary/aromatic N) is 5. The number of hydrogen-bond donors (Lipinski definition) is 2. The minimum atomic E-state index is -0.396. The third kappa shape index (κ3) is 5.45. The van der Waals surface area contributed by atoms with Crippen molar-refractivity contribution in [2.24, 2.45) is 5.92 Å². The van der Waals surface area contributed by atoms with Gasteiger partial charge in [0, 0.05) is 37.6 Å². The molecule has 5 heterocycles. The van der Waals surface area contributed by atoms with Gasteiger partial charge in [-0.1, -0.05) is 0 Å². The highest BCUT2D eigenvalue weighted by Gasteiger charge is 2.25. The summed E-state index contributed by atoms with van der Waals surface area (Å²) in [6.45, 7) is 3.17. The second-order valence-electron chi connectivity index (χ2n) is 8.56. The average Bonchev–Trinajstić information content (AvgIpc) is 3.54. The van der Waals surface area contributed by atoms with Crippen LogP contribution in [0.1, 0.15) is 29.7 Å². The molecule has 2 fully saturated rings. The molecule has 2 aliphatic heterocycles. The number of piperidine rings is 1. The van der Waals surface area contributed by atoms with Gasteiger partial charge in [0.15, 0.2) is 0 Å². The molecule has 182 valence electrons. The minimum Gasteiger partial charge on any atom is -0.472 e. The monoisotopic (exact) mass is 501 g/mol. The number of furan rings is 1. The lowest BCUT2D eigenvalue weighted by molar-refractivity contribution is -0.115. The van der Waals surface area contributed by atoms with Gasteiger partial charge in [-0.2, -0.15) is 5.26 Å². The zero-order valence-corrected chi connectivity index (χ0v) is 20.1. The van der Waals surface area contributed by atoms with E-state index < -0.39 is 5.91 Å². The number of aromatic nitrogens is 3. The molecule has 0 radical (unpaired) electrons. The lowest BCUT2D eigenvalue weighted by atomic mass is 9.97. The van der Waals surface area contributed by atoms with Gasteiger partial charge in [0.2, 0.25) is 5.95 Å². The number of nitriles is 1. The molecule has 0 unspecified atom stereocenters. The molecule has 5 rings (SSSR count). The van der Waals surface area contributed by atoms with Gasteiger partial charge in [0.1, 0.15) is 6.07 Å². The number of hydrogen-bond acceptors (Lipinski definition) is 10. The molecular formula is C25H23N7O3S. The number of nitrogens with one attached hydrogen (secondary N) is 2. The number of anilines is 1. The normalized spacial score (nSPS) is 17.4. The Morgan fingerprint density at radius 3 is 2.86 bits per heavy atom. The van der Waals surface area contributed by atoms with Crippen molar-refractivity contribution in [1.82, 2.24) is 25.6 Å². The van der Waals surface area contributed by atoms with Crippen LogP contribution in [0.15, 0.2) is 52.4 Å². The highest BCUT2D eigenvalue weighted by atomic mass is 32.2. The molecule has 3 aromatic rings. The third-order valence-corrected chi connectivity index (χ3v) is 6.91. The van der Waals surface area contributed by atoms with Crippen molar-refractivity contribution in [3.05, 3.63) is 64.8 Å². The smallest absolute Gasteiger partial charge is 0.290 e. The predicted molar refractivity (Wildman–Crippen MR) is 134 cm³/mol. The molecule has 11 heteroatoms. The zero-order valence-electron chi connectivity index (χ0n) is 19.3. The maximum atomic E-state index is 11.8. The van der Waals surface area contributed by atoms with E-state index in [1.54, 1.807) is 43.1 Å². The molecule has 0 aromatic carbocycles. The van der Waals surface area contributed by atoms with Gasteiger partial charge < -0.3 is 14.6 Å². The first-order chi connectivity index (χ1) is 17.6. The van der Waals surface area contributed by atoms with Gasteiger partial charge in [-0.15, -0.1) is 0 Å². The Kier molecular flexibility index (Phi) is 7.06. The van der Waals surface area contributed by atoms with Crippen LogP contribution in [0, 0.1) is 17.2 Å². The van der Waals surface area contributed by atoms with Crippen LogP contribution in [-0.2, 0) is 11.3 Å². The van der Waals surface area contributed by atoms with Gasteiger partial charge >= 0.3 is 0 Å². The molecule has 36 heavy (non-hydrogen) atoms. The van der Waals surface area contributed by atoms with E-state index in [1.807, 2.05) is 6.07 Å². The summed E-state index contributed by atoms with van der Waals surface area (Å²) in [5, 5.41) is 14.9. The fraction of sp³-hybridized carbons (Fsp3) is 0.280. The first kappa shape index (κ1) is 23.7. The summed E-state index contributed by atoms with van der Waals surface area (Å²) >= 11 is 0.875. The number of carbonyl (C=O) groups is 2. The largest absolute Gasteiger partial charge is 0.472 e. The summed E-state index contributed by atoms with van der Waals surface area (Å²) in [5.74, 6) is 0.745.